The van der Waals surface area contributed by atoms with Crippen LogP contribution in [0, 0.1) is 6.92 Å². The van der Waals surface area contributed by atoms with E-state index in [4.69, 9.17) is 0 Å². The molecule has 11 heavy (non-hydrogen) atoms. The molecular weight excluding hydrogens is 138 g/mol. The Morgan fingerprint density at radius 1 is 1.64 bits per heavy atom. The monoisotopic (exact) mass is 147 g/mol. The van der Waals surface area contributed by atoms with Gasteiger partial charge < -0.3 is 0 Å². The zero-order valence-corrected chi connectivity index (χ0v) is 6.41. The topological polar surface area (TPSA) is 38.1 Å². The van der Waals surface area contributed by atoms with E-state index in [1.807, 2.05) is 6.92 Å². The van der Waals surface area contributed by atoms with Crippen molar-refractivity contribution in [2.75, 3.05) is 0 Å². The molecule has 1 heterocycles. The van der Waals surface area contributed by atoms with Crippen LogP contribution in [0.15, 0.2) is 17.8 Å². The van der Waals surface area contributed by atoms with Crippen LogP contribution in [0.4, 0.5) is 5.82 Å². The van der Waals surface area contributed by atoms with Gasteiger partial charge in [0.15, 0.2) is 5.82 Å². The number of nitrogens with zero attached hydrogens (tertiary/aromatic N) is 3. The second-order valence-corrected chi connectivity index (χ2v) is 2.08. The van der Waals surface area contributed by atoms with Crippen molar-refractivity contribution in [3.63, 3.8) is 0 Å². The van der Waals surface area contributed by atoms with Crippen molar-refractivity contribution in [1.82, 2.24) is 9.97 Å². The van der Waals surface area contributed by atoms with Crippen LogP contribution < -0.4 is 0 Å². The molecule has 0 spiro atoms. The molecule has 0 saturated carbocycles. The summed E-state index contributed by atoms with van der Waals surface area (Å²) in [7, 11) is 0. The SMILES string of the molecule is C=Cc1nc(C)cnc1N=C. The fourth-order valence-corrected chi connectivity index (χ4v) is 0.748. The molecule has 0 bridgehead atoms. The van der Waals surface area contributed by atoms with E-state index in [2.05, 4.69) is 28.3 Å². The zero-order valence-electron chi connectivity index (χ0n) is 6.41. The molecule has 0 unspecified atom stereocenters. The molecule has 1 aromatic heterocycles. The molecular formula is C8H9N3. The highest BCUT2D eigenvalue weighted by Crippen LogP contribution is 2.13. The molecule has 56 valence electrons. The third-order valence-electron chi connectivity index (χ3n) is 1.24. The first kappa shape index (κ1) is 7.60. The van der Waals surface area contributed by atoms with Gasteiger partial charge in [0.25, 0.3) is 0 Å². The molecule has 0 atom stereocenters. The molecule has 0 saturated heterocycles. The van der Waals surface area contributed by atoms with Crippen LogP contribution in [0.25, 0.3) is 6.08 Å². The Balaban J connectivity index is 3.26. The van der Waals surface area contributed by atoms with Gasteiger partial charge in [0, 0.05) is 0 Å². The number of aryl methyl sites for hydroxylation is 1. The minimum atomic E-state index is 0.533. The van der Waals surface area contributed by atoms with E-state index in [9.17, 15) is 0 Å². The first-order chi connectivity index (χ1) is 5.27. The summed E-state index contributed by atoms with van der Waals surface area (Å²) < 4.78 is 0. The molecule has 3 nitrogen and oxygen atoms in total. The largest absolute Gasteiger partial charge is 0.248 e. The van der Waals surface area contributed by atoms with Crippen LogP contribution in [-0.2, 0) is 0 Å². The number of rotatable bonds is 2. The van der Waals surface area contributed by atoms with Crippen molar-refractivity contribution in [3.8, 4) is 0 Å². The summed E-state index contributed by atoms with van der Waals surface area (Å²) in [5.41, 5.74) is 1.53. The summed E-state index contributed by atoms with van der Waals surface area (Å²) in [6.07, 6.45) is 3.26. The number of aliphatic imine (C=N–C) groups is 1. The Bertz CT molecular complexity index is 291. The minimum absolute atomic E-state index is 0.533. The van der Waals surface area contributed by atoms with Crippen molar-refractivity contribution in [1.29, 1.82) is 0 Å². The van der Waals surface area contributed by atoms with Crippen molar-refractivity contribution in [3.05, 3.63) is 24.2 Å². The third kappa shape index (κ3) is 1.49. The zero-order chi connectivity index (χ0) is 8.27. The lowest BCUT2D eigenvalue weighted by molar-refractivity contribution is 1.09. The van der Waals surface area contributed by atoms with E-state index in [0.29, 0.717) is 11.5 Å². The highest BCUT2D eigenvalue weighted by atomic mass is 14.9. The van der Waals surface area contributed by atoms with E-state index in [-0.39, 0.29) is 0 Å². The second-order valence-electron chi connectivity index (χ2n) is 2.08. The molecule has 0 aliphatic heterocycles. The maximum absolute atomic E-state index is 4.15. The van der Waals surface area contributed by atoms with Crippen LogP contribution in [-0.4, -0.2) is 16.7 Å². The van der Waals surface area contributed by atoms with Gasteiger partial charge in [-0.25, -0.2) is 15.0 Å². The smallest absolute Gasteiger partial charge is 0.177 e. The van der Waals surface area contributed by atoms with E-state index < -0.39 is 0 Å². The number of hydrogen-bond acceptors (Lipinski definition) is 3. The van der Waals surface area contributed by atoms with Gasteiger partial charge in [-0.15, -0.1) is 0 Å². The molecule has 1 rings (SSSR count). The van der Waals surface area contributed by atoms with Gasteiger partial charge in [-0.05, 0) is 19.7 Å². The van der Waals surface area contributed by atoms with Crippen LogP contribution in [0.1, 0.15) is 11.4 Å². The Kier molecular flexibility index (Phi) is 2.11. The summed E-state index contributed by atoms with van der Waals surface area (Å²) in [4.78, 5) is 11.8. The molecule has 0 aliphatic rings. The van der Waals surface area contributed by atoms with Crippen LogP contribution in [0.2, 0.25) is 0 Å². The molecule has 1 aromatic rings. The first-order valence-corrected chi connectivity index (χ1v) is 3.20. The predicted octanol–water partition coefficient (Wildman–Crippen LogP) is 1.76. The average Bonchev–Trinajstić information content (AvgIpc) is 2.04. The molecule has 0 N–H and O–H groups in total. The average molecular weight is 147 g/mol. The van der Waals surface area contributed by atoms with E-state index >= 15 is 0 Å². The highest BCUT2D eigenvalue weighted by Gasteiger charge is 1.98. The van der Waals surface area contributed by atoms with Gasteiger partial charge in [0.05, 0.1) is 11.9 Å². The first-order valence-electron chi connectivity index (χ1n) is 3.20. The maximum atomic E-state index is 4.15. The lowest BCUT2D eigenvalue weighted by atomic mass is 10.4. The van der Waals surface area contributed by atoms with Crippen molar-refractivity contribution >= 4 is 18.6 Å². The third-order valence-corrected chi connectivity index (χ3v) is 1.24. The van der Waals surface area contributed by atoms with Gasteiger partial charge in [-0.2, -0.15) is 0 Å². The number of aromatic nitrogens is 2. The van der Waals surface area contributed by atoms with Gasteiger partial charge in [0.2, 0.25) is 0 Å². The van der Waals surface area contributed by atoms with Gasteiger partial charge in [-0.1, -0.05) is 6.58 Å². The maximum Gasteiger partial charge on any atom is 0.177 e. The molecule has 0 amide bonds. The summed E-state index contributed by atoms with van der Waals surface area (Å²) in [5, 5.41) is 0. The van der Waals surface area contributed by atoms with Gasteiger partial charge in [0.1, 0.15) is 5.69 Å². The van der Waals surface area contributed by atoms with Crippen LogP contribution >= 0.6 is 0 Å². The summed E-state index contributed by atoms with van der Waals surface area (Å²) in [6, 6.07) is 0. The lowest BCUT2D eigenvalue weighted by Gasteiger charge is -1.97. The van der Waals surface area contributed by atoms with Crippen molar-refractivity contribution in [2.45, 2.75) is 6.92 Å². The fraction of sp³-hybridized carbons (Fsp3) is 0.125. The second kappa shape index (κ2) is 3.05. The van der Waals surface area contributed by atoms with E-state index in [1.54, 1.807) is 12.3 Å². The molecule has 0 aliphatic carbocycles. The summed E-state index contributed by atoms with van der Waals surface area (Å²) >= 11 is 0. The standard InChI is InChI=1S/C8H9N3/c1-4-7-8(9-3)10-5-6(2)11-7/h4-5H,1,3H2,2H3. The molecule has 0 fully saturated rings. The minimum Gasteiger partial charge on any atom is -0.248 e. The summed E-state index contributed by atoms with van der Waals surface area (Å²) in [6.45, 7) is 8.83. The Morgan fingerprint density at radius 2 is 2.36 bits per heavy atom. The predicted molar refractivity (Wildman–Crippen MR) is 46.1 cm³/mol. The normalized spacial score (nSPS) is 9.18. The van der Waals surface area contributed by atoms with Crippen molar-refractivity contribution in [2.24, 2.45) is 4.99 Å². The van der Waals surface area contributed by atoms with E-state index in [1.165, 1.54) is 0 Å². The van der Waals surface area contributed by atoms with Crippen LogP contribution in [0.5, 0.6) is 0 Å². The molecule has 0 aromatic carbocycles. The number of hydrogen-bond donors (Lipinski definition) is 0. The Morgan fingerprint density at radius 3 is 2.91 bits per heavy atom. The van der Waals surface area contributed by atoms with Crippen molar-refractivity contribution < 1.29 is 0 Å². The van der Waals surface area contributed by atoms with Crippen LogP contribution in [0.3, 0.4) is 0 Å². The Hall–Kier alpha value is -1.51. The quantitative estimate of drug-likeness (QED) is 0.598. The van der Waals surface area contributed by atoms with Gasteiger partial charge >= 0.3 is 0 Å². The fourth-order valence-electron chi connectivity index (χ4n) is 0.748. The Labute approximate surface area is 65.5 Å². The molecule has 3 heteroatoms. The highest BCUT2D eigenvalue weighted by molar-refractivity contribution is 5.57. The molecule has 0 radical (unpaired) electrons. The van der Waals surface area contributed by atoms with E-state index in [0.717, 1.165) is 5.69 Å². The van der Waals surface area contributed by atoms with Gasteiger partial charge in [-0.3, -0.25) is 0 Å². The summed E-state index contributed by atoms with van der Waals surface area (Å²) in [5.74, 6) is 0.533. The lowest BCUT2D eigenvalue weighted by Crippen LogP contribution is -1.88.